The lowest BCUT2D eigenvalue weighted by Crippen LogP contribution is -2.08. The van der Waals surface area contributed by atoms with E-state index in [1.807, 2.05) is 12.1 Å². The van der Waals surface area contributed by atoms with Crippen LogP contribution in [0.25, 0.3) is 43.6 Å². The zero-order valence-electron chi connectivity index (χ0n) is 16.9. The second-order valence-corrected chi connectivity index (χ2v) is 7.46. The Morgan fingerprint density at radius 3 is 2.06 bits per heavy atom. The molecule has 34 heavy (non-hydrogen) atoms. The van der Waals surface area contributed by atoms with Gasteiger partial charge in [-0.25, -0.2) is 14.3 Å². The molecule has 10 nitrogen and oxygen atoms in total. The van der Waals surface area contributed by atoms with Crippen LogP contribution in [0.3, 0.4) is 0 Å². The zero-order chi connectivity index (χ0) is 23.7. The van der Waals surface area contributed by atoms with Crippen LogP contribution in [0.4, 0.5) is 11.6 Å². The van der Waals surface area contributed by atoms with E-state index in [0.29, 0.717) is 33.4 Å². The summed E-state index contributed by atoms with van der Waals surface area (Å²) in [6, 6.07) is 13.9. The van der Waals surface area contributed by atoms with Gasteiger partial charge in [0.25, 0.3) is 17.5 Å². The maximum absolute atomic E-state index is 13.0. The molecule has 0 fully saturated rings. The van der Waals surface area contributed by atoms with Crippen LogP contribution in [0.5, 0.6) is 0 Å². The van der Waals surface area contributed by atoms with E-state index in [0.717, 1.165) is 9.13 Å². The summed E-state index contributed by atoms with van der Waals surface area (Å²) in [6.07, 6.45) is 0. The molecule has 2 aromatic carbocycles. The van der Waals surface area contributed by atoms with Crippen molar-refractivity contribution in [1.82, 2.24) is 19.1 Å². The lowest BCUT2D eigenvalue weighted by molar-refractivity contribution is 0.0961. The van der Waals surface area contributed by atoms with Crippen LogP contribution in [-0.4, -0.2) is 30.9 Å². The van der Waals surface area contributed by atoms with E-state index >= 15 is 0 Å². The third-order valence-corrected chi connectivity index (χ3v) is 5.86. The first kappa shape index (κ1) is 18.9. The first-order chi connectivity index (χ1) is 16.5. The van der Waals surface area contributed by atoms with Gasteiger partial charge < -0.3 is 9.69 Å². The smallest absolute Gasteiger partial charge is 0.333 e. The molecule has 0 N–H and O–H groups in total. The highest BCUT2D eigenvalue weighted by atomic mass is 16.2. The quantitative estimate of drug-likeness (QED) is 0.358. The fourth-order valence-electron chi connectivity index (χ4n) is 4.36. The number of imidazole rings is 2. The van der Waals surface area contributed by atoms with E-state index < -0.39 is 11.8 Å². The Labute approximate surface area is 190 Å². The summed E-state index contributed by atoms with van der Waals surface area (Å²) in [5, 5.41) is 18.6. The summed E-state index contributed by atoms with van der Waals surface area (Å²) in [6.45, 7) is 14.5. The predicted octanol–water partition coefficient (Wildman–Crippen LogP) is 3.93. The molecular formula is C24H6N8O2. The van der Waals surface area contributed by atoms with Gasteiger partial charge in [0.1, 0.15) is 12.1 Å². The molecule has 0 unspecified atom stereocenters. The lowest BCUT2D eigenvalue weighted by Gasteiger charge is -2.05. The molecule has 0 radical (unpaired) electrons. The molecule has 0 amide bonds. The fraction of sp³-hybridized carbons (Fsp3) is 0. The van der Waals surface area contributed by atoms with Crippen LogP contribution >= 0.6 is 0 Å². The number of nitrogens with zero attached hydrogens (tertiary/aromatic N) is 8. The first-order valence-electron chi connectivity index (χ1n) is 9.71. The number of rotatable bonds is 1. The highest BCUT2D eigenvalue weighted by Gasteiger charge is 2.39. The minimum absolute atomic E-state index is 0.104. The van der Waals surface area contributed by atoms with Gasteiger partial charge in [0.05, 0.1) is 16.7 Å². The van der Waals surface area contributed by atoms with Gasteiger partial charge in [0.2, 0.25) is 0 Å². The molecule has 4 aromatic rings. The number of hydrogen-bond acceptors (Lipinski definition) is 6. The van der Waals surface area contributed by atoms with Crippen molar-refractivity contribution in [1.29, 1.82) is 10.5 Å². The van der Waals surface area contributed by atoms with Gasteiger partial charge in [0.15, 0.2) is 17.2 Å². The molecule has 6 rings (SSSR count). The van der Waals surface area contributed by atoms with E-state index in [9.17, 15) is 20.1 Å². The van der Waals surface area contributed by atoms with Crippen molar-refractivity contribution < 1.29 is 9.59 Å². The Morgan fingerprint density at radius 1 is 0.765 bits per heavy atom. The summed E-state index contributed by atoms with van der Waals surface area (Å²) in [5.41, 5.74) is 2.85. The highest BCUT2D eigenvalue weighted by molar-refractivity contribution is 6.12. The van der Waals surface area contributed by atoms with Gasteiger partial charge >= 0.3 is 11.7 Å². The number of hydrogen-bond donors (Lipinski definition) is 0. The molecule has 4 heterocycles. The number of benzene rings is 2. The second kappa shape index (κ2) is 6.34. The number of aromatic nitrogens is 4. The van der Waals surface area contributed by atoms with Gasteiger partial charge in [-0.1, -0.05) is 30.3 Å². The Kier molecular flexibility index (Phi) is 3.52. The van der Waals surface area contributed by atoms with Crippen LogP contribution in [0.15, 0.2) is 36.4 Å². The van der Waals surface area contributed by atoms with Crippen LogP contribution in [0, 0.1) is 35.8 Å². The van der Waals surface area contributed by atoms with Crippen molar-refractivity contribution in [2.45, 2.75) is 0 Å². The van der Waals surface area contributed by atoms with Crippen LogP contribution in [0.2, 0.25) is 0 Å². The number of carbonyl (C=O) groups is 2. The van der Waals surface area contributed by atoms with E-state index in [4.69, 9.17) is 13.1 Å². The third-order valence-electron chi connectivity index (χ3n) is 5.86. The van der Waals surface area contributed by atoms with E-state index in [2.05, 4.69) is 19.7 Å². The molecule has 0 atom stereocenters. The maximum atomic E-state index is 13.0. The Bertz CT molecular complexity index is 1840. The predicted molar refractivity (Wildman–Crippen MR) is 116 cm³/mol. The van der Waals surface area contributed by atoms with Crippen molar-refractivity contribution in [3.8, 4) is 46.0 Å². The van der Waals surface area contributed by atoms with Crippen molar-refractivity contribution >= 4 is 23.5 Å². The second-order valence-electron chi connectivity index (χ2n) is 7.46. The summed E-state index contributed by atoms with van der Waals surface area (Å²) in [5.74, 6) is -0.611. The molecule has 0 saturated heterocycles. The monoisotopic (exact) mass is 438 g/mol. The average Bonchev–Trinajstić information content (AvgIpc) is 3.57. The summed E-state index contributed by atoms with van der Waals surface area (Å²) < 4.78 is 2.29. The molecule has 10 heteroatoms. The molecule has 0 bridgehead atoms. The first-order valence-corrected chi connectivity index (χ1v) is 9.71. The minimum atomic E-state index is -0.440. The van der Waals surface area contributed by atoms with Crippen LogP contribution < -0.4 is 0 Å². The Morgan fingerprint density at radius 2 is 1.41 bits per heavy atom. The molecule has 2 aliphatic rings. The topological polar surface area (TPSA) is 126 Å². The molecule has 0 spiro atoms. The number of carbonyl (C=O) groups excluding carboxylic acids is 2. The van der Waals surface area contributed by atoms with Gasteiger partial charge in [-0.2, -0.15) is 15.1 Å². The summed E-state index contributed by atoms with van der Waals surface area (Å²) in [7, 11) is 0. The van der Waals surface area contributed by atoms with Gasteiger partial charge in [-0.05, 0) is 35.4 Å². The number of fused-ring (bicyclic) bond motifs is 6. The highest BCUT2D eigenvalue weighted by Crippen LogP contribution is 2.42. The normalized spacial score (nSPS) is 12.1. The largest absolute Gasteiger partial charge is 0.372 e. The average molecular weight is 438 g/mol. The maximum Gasteiger partial charge on any atom is 0.333 e. The zero-order valence-corrected chi connectivity index (χ0v) is 16.9. The molecule has 0 aliphatic carbocycles. The fourth-order valence-corrected chi connectivity index (χ4v) is 4.36. The van der Waals surface area contributed by atoms with E-state index in [1.165, 1.54) is 0 Å². The van der Waals surface area contributed by atoms with Gasteiger partial charge in [-0.15, -0.1) is 0 Å². The Balaban J connectivity index is 1.49. The van der Waals surface area contributed by atoms with Crippen LogP contribution in [-0.2, 0) is 0 Å². The molecule has 2 aromatic heterocycles. The summed E-state index contributed by atoms with van der Waals surface area (Å²) in [4.78, 5) is 40.7. The molecule has 154 valence electrons. The molecule has 2 aliphatic heterocycles. The van der Waals surface area contributed by atoms with Crippen LogP contribution in [0.1, 0.15) is 32.1 Å². The third kappa shape index (κ3) is 2.13. The SMILES string of the molecule is [C-]#[N+]c1nc2n(c1[N+]#[C-])C(=O)c1cc(-c3ccc4c(c3)-c3nc(C#N)c(C#N)n3C4=O)ccc1-2. The molecular weight excluding hydrogens is 432 g/mol. The van der Waals surface area contributed by atoms with Crippen molar-refractivity contribution in [3.05, 3.63) is 81.7 Å². The van der Waals surface area contributed by atoms with Crippen molar-refractivity contribution in [2.75, 3.05) is 0 Å². The molecule has 0 saturated carbocycles. The van der Waals surface area contributed by atoms with Crippen molar-refractivity contribution in [3.63, 3.8) is 0 Å². The number of nitriles is 2. The van der Waals surface area contributed by atoms with Crippen molar-refractivity contribution in [2.24, 2.45) is 0 Å². The standard InChI is InChI=1S/C24H6N8O2/c1-27-19-22(28-2)32-20(30-19)13-5-3-12(8-16(13)24(32)34)11-4-6-14-15(7-11)21-29-17(9-25)18(10-26)31(21)23(14)33/h3-8H. The van der Waals surface area contributed by atoms with Gasteiger partial charge in [0, 0.05) is 5.56 Å². The summed E-state index contributed by atoms with van der Waals surface area (Å²) >= 11 is 0. The lowest BCUT2D eigenvalue weighted by atomic mass is 9.96. The minimum Gasteiger partial charge on any atom is -0.372 e. The van der Waals surface area contributed by atoms with E-state index in [1.54, 1.807) is 36.4 Å². The van der Waals surface area contributed by atoms with E-state index in [-0.39, 0.29) is 34.7 Å². The Hall–Kier alpha value is -5.84. The van der Waals surface area contributed by atoms with Gasteiger partial charge in [-0.3, -0.25) is 4.79 Å².